The molecule has 0 aliphatic carbocycles. The van der Waals surface area contributed by atoms with Crippen LogP contribution in [0.5, 0.6) is 5.75 Å². The normalized spacial score (nSPS) is 15.2. The van der Waals surface area contributed by atoms with Crippen LogP contribution in [0.4, 0.5) is 4.79 Å². The molecule has 2 rings (SSSR count). The molecule has 2 amide bonds. The average molecular weight is 321 g/mol. The molecule has 6 heteroatoms. The lowest BCUT2D eigenvalue weighted by Gasteiger charge is -2.26. The zero-order valence-electron chi connectivity index (χ0n) is 14.1. The molecule has 1 aliphatic heterocycles. The number of morpholine rings is 1. The van der Waals surface area contributed by atoms with Gasteiger partial charge in [-0.05, 0) is 30.7 Å². The van der Waals surface area contributed by atoms with Crippen molar-refractivity contribution < 1.29 is 14.3 Å². The molecule has 23 heavy (non-hydrogen) atoms. The Morgan fingerprint density at radius 3 is 2.91 bits per heavy atom. The van der Waals surface area contributed by atoms with Gasteiger partial charge in [0.2, 0.25) is 0 Å². The molecule has 1 saturated heterocycles. The molecule has 0 bridgehead atoms. The highest BCUT2D eigenvalue weighted by Crippen LogP contribution is 2.13. The molecule has 0 radical (unpaired) electrons. The van der Waals surface area contributed by atoms with Crippen molar-refractivity contribution >= 4 is 6.03 Å². The van der Waals surface area contributed by atoms with Crippen LogP contribution >= 0.6 is 0 Å². The van der Waals surface area contributed by atoms with Gasteiger partial charge in [0.15, 0.2) is 0 Å². The Bertz CT molecular complexity index is 490. The Labute approximate surface area is 138 Å². The number of rotatable bonds is 7. The molecule has 1 aromatic rings. The summed E-state index contributed by atoms with van der Waals surface area (Å²) >= 11 is 0. The van der Waals surface area contributed by atoms with Gasteiger partial charge in [-0.25, -0.2) is 4.79 Å². The van der Waals surface area contributed by atoms with Crippen LogP contribution in [0.15, 0.2) is 24.3 Å². The van der Waals surface area contributed by atoms with E-state index in [1.54, 1.807) is 19.1 Å². The van der Waals surface area contributed by atoms with Gasteiger partial charge in [0.25, 0.3) is 0 Å². The Kier molecular flexibility index (Phi) is 7.16. The van der Waals surface area contributed by atoms with Gasteiger partial charge in [-0.1, -0.05) is 12.1 Å². The van der Waals surface area contributed by atoms with Crippen LogP contribution in [0, 0.1) is 0 Å². The third kappa shape index (κ3) is 6.08. The molecule has 1 aromatic carbocycles. The summed E-state index contributed by atoms with van der Waals surface area (Å²) in [6, 6.07) is 7.72. The maximum absolute atomic E-state index is 12.1. The second-order valence-corrected chi connectivity index (χ2v) is 5.75. The molecule has 0 spiro atoms. The number of nitrogens with zero attached hydrogens (tertiary/aromatic N) is 2. The molecule has 1 fully saturated rings. The van der Waals surface area contributed by atoms with Gasteiger partial charge >= 0.3 is 6.03 Å². The number of nitrogens with one attached hydrogen (secondary N) is 1. The fourth-order valence-electron chi connectivity index (χ4n) is 2.57. The van der Waals surface area contributed by atoms with E-state index in [4.69, 9.17) is 9.47 Å². The van der Waals surface area contributed by atoms with E-state index < -0.39 is 0 Å². The largest absolute Gasteiger partial charge is 0.497 e. The summed E-state index contributed by atoms with van der Waals surface area (Å²) in [5.74, 6) is 0.807. The lowest BCUT2D eigenvalue weighted by molar-refractivity contribution is 0.0375. The van der Waals surface area contributed by atoms with E-state index in [0.29, 0.717) is 13.1 Å². The number of urea groups is 1. The lowest BCUT2D eigenvalue weighted by Crippen LogP contribution is -2.40. The van der Waals surface area contributed by atoms with Crippen molar-refractivity contribution in [1.29, 1.82) is 0 Å². The van der Waals surface area contributed by atoms with Crippen molar-refractivity contribution in [3.05, 3.63) is 29.8 Å². The van der Waals surface area contributed by atoms with E-state index >= 15 is 0 Å². The molecule has 0 atom stereocenters. The van der Waals surface area contributed by atoms with Crippen LogP contribution in [-0.4, -0.2) is 69.4 Å². The van der Waals surface area contributed by atoms with Crippen molar-refractivity contribution in [3.63, 3.8) is 0 Å². The minimum Gasteiger partial charge on any atom is -0.497 e. The number of carbonyl (C=O) groups excluding carboxylic acids is 1. The maximum atomic E-state index is 12.1. The van der Waals surface area contributed by atoms with E-state index in [1.165, 1.54) is 0 Å². The van der Waals surface area contributed by atoms with E-state index in [-0.39, 0.29) is 6.03 Å². The molecule has 0 saturated carbocycles. The maximum Gasteiger partial charge on any atom is 0.317 e. The molecule has 0 aromatic heterocycles. The standard InChI is InChI=1S/C17H27N3O3/c1-19(14-15-5-3-6-16(13-15)22-2)17(21)18-7-4-8-20-9-11-23-12-10-20/h3,5-6,13H,4,7-12,14H2,1-2H3,(H,18,21). The summed E-state index contributed by atoms with van der Waals surface area (Å²) < 4.78 is 10.5. The summed E-state index contributed by atoms with van der Waals surface area (Å²) in [4.78, 5) is 16.2. The molecule has 1 aliphatic rings. The van der Waals surface area contributed by atoms with Gasteiger partial charge in [0, 0.05) is 33.2 Å². The predicted molar refractivity (Wildman–Crippen MR) is 89.7 cm³/mol. The van der Waals surface area contributed by atoms with Crippen LogP contribution < -0.4 is 10.1 Å². The van der Waals surface area contributed by atoms with Crippen molar-refractivity contribution in [3.8, 4) is 5.75 Å². The second kappa shape index (κ2) is 9.37. The summed E-state index contributed by atoms with van der Waals surface area (Å²) in [5, 5.41) is 2.97. The van der Waals surface area contributed by atoms with Crippen LogP contribution in [0.1, 0.15) is 12.0 Å². The number of amides is 2. The van der Waals surface area contributed by atoms with Gasteiger partial charge < -0.3 is 19.7 Å². The van der Waals surface area contributed by atoms with Gasteiger partial charge in [-0.3, -0.25) is 4.90 Å². The minimum atomic E-state index is -0.0465. The van der Waals surface area contributed by atoms with Crippen molar-refractivity contribution in [2.75, 3.05) is 53.6 Å². The smallest absolute Gasteiger partial charge is 0.317 e. The van der Waals surface area contributed by atoms with Crippen molar-refractivity contribution in [2.45, 2.75) is 13.0 Å². The van der Waals surface area contributed by atoms with Gasteiger partial charge in [0.05, 0.1) is 20.3 Å². The number of methoxy groups -OCH3 is 1. The molecular weight excluding hydrogens is 294 g/mol. The van der Waals surface area contributed by atoms with E-state index in [0.717, 1.165) is 50.6 Å². The van der Waals surface area contributed by atoms with Crippen molar-refractivity contribution in [1.82, 2.24) is 15.1 Å². The fraction of sp³-hybridized carbons (Fsp3) is 0.588. The van der Waals surface area contributed by atoms with E-state index in [2.05, 4.69) is 10.2 Å². The Morgan fingerprint density at radius 1 is 1.39 bits per heavy atom. The zero-order chi connectivity index (χ0) is 16.5. The summed E-state index contributed by atoms with van der Waals surface area (Å²) in [5.41, 5.74) is 1.05. The fourth-order valence-corrected chi connectivity index (χ4v) is 2.57. The topological polar surface area (TPSA) is 54.0 Å². The van der Waals surface area contributed by atoms with E-state index in [1.807, 2.05) is 24.3 Å². The van der Waals surface area contributed by atoms with Crippen LogP contribution in [-0.2, 0) is 11.3 Å². The minimum absolute atomic E-state index is 0.0465. The Balaban J connectivity index is 1.65. The average Bonchev–Trinajstić information content (AvgIpc) is 2.59. The quantitative estimate of drug-likeness (QED) is 0.775. The first-order valence-corrected chi connectivity index (χ1v) is 8.11. The highest BCUT2D eigenvalue weighted by molar-refractivity contribution is 5.73. The molecule has 1 N–H and O–H groups in total. The van der Waals surface area contributed by atoms with Crippen LogP contribution in [0.3, 0.4) is 0 Å². The zero-order valence-corrected chi connectivity index (χ0v) is 14.1. The highest BCUT2D eigenvalue weighted by atomic mass is 16.5. The van der Waals surface area contributed by atoms with Crippen LogP contribution in [0.25, 0.3) is 0 Å². The Morgan fingerprint density at radius 2 is 2.17 bits per heavy atom. The third-order valence-electron chi connectivity index (χ3n) is 3.93. The molecule has 0 unspecified atom stereocenters. The summed E-state index contributed by atoms with van der Waals surface area (Å²) in [6.07, 6.45) is 0.957. The highest BCUT2D eigenvalue weighted by Gasteiger charge is 2.11. The number of hydrogen-bond acceptors (Lipinski definition) is 4. The first-order chi connectivity index (χ1) is 11.2. The first-order valence-electron chi connectivity index (χ1n) is 8.11. The molecule has 128 valence electrons. The summed E-state index contributed by atoms with van der Waals surface area (Å²) in [7, 11) is 3.45. The molecule has 6 nitrogen and oxygen atoms in total. The van der Waals surface area contributed by atoms with Crippen molar-refractivity contribution in [2.24, 2.45) is 0 Å². The third-order valence-corrected chi connectivity index (χ3v) is 3.93. The Hall–Kier alpha value is -1.79. The molecular formula is C17H27N3O3. The number of carbonyl (C=O) groups is 1. The number of benzene rings is 1. The van der Waals surface area contributed by atoms with Crippen LogP contribution in [0.2, 0.25) is 0 Å². The van der Waals surface area contributed by atoms with E-state index in [9.17, 15) is 4.79 Å². The molecule has 1 heterocycles. The SMILES string of the molecule is COc1cccc(CN(C)C(=O)NCCCN2CCOCC2)c1. The van der Waals surface area contributed by atoms with Gasteiger partial charge in [-0.15, -0.1) is 0 Å². The first kappa shape index (κ1) is 17.6. The van der Waals surface area contributed by atoms with Gasteiger partial charge in [-0.2, -0.15) is 0 Å². The van der Waals surface area contributed by atoms with Gasteiger partial charge in [0.1, 0.15) is 5.75 Å². The number of ether oxygens (including phenoxy) is 2. The monoisotopic (exact) mass is 321 g/mol. The summed E-state index contributed by atoms with van der Waals surface area (Å²) in [6.45, 7) is 5.87. The second-order valence-electron chi connectivity index (χ2n) is 5.75. The predicted octanol–water partition coefficient (Wildman–Crippen LogP) is 1.56. The number of hydrogen-bond donors (Lipinski definition) is 1. The lowest BCUT2D eigenvalue weighted by atomic mass is 10.2.